The smallest absolute Gasteiger partial charge is 0.339 e. The van der Waals surface area contributed by atoms with Crippen LogP contribution in [-0.4, -0.2) is 43.8 Å². The maximum absolute atomic E-state index is 14.2. The van der Waals surface area contributed by atoms with Crippen LogP contribution in [0.15, 0.2) is 59.8 Å². The molecule has 1 unspecified atom stereocenters. The average molecular weight is 566 g/mol. The zero-order valence-corrected chi connectivity index (χ0v) is 23.0. The van der Waals surface area contributed by atoms with Crippen molar-refractivity contribution in [2.24, 2.45) is 0 Å². The van der Waals surface area contributed by atoms with Crippen LogP contribution in [0, 0.1) is 23.0 Å². The van der Waals surface area contributed by atoms with Crippen LogP contribution in [0.3, 0.4) is 0 Å². The summed E-state index contributed by atoms with van der Waals surface area (Å²) in [6.45, 7) is 1.99. The third-order valence-electron chi connectivity index (χ3n) is 7.74. The Bertz CT molecular complexity index is 1370. The fraction of sp³-hybridized carbons (Fsp3) is 0.400. The molecule has 1 aliphatic heterocycles. The largest absolute Gasteiger partial charge is 0.465 e. The number of nitrogens with zero attached hydrogens (tertiary/aromatic N) is 2. The van der Waals surface area contributed by atoms with Crippen LogP contribution in [0.1, 0.15) is 51.0 Å². The highest BCUT2D eigenvalue weighted by Crippen LogP contribution is 2.39. The first-order valence-corrected chi connectivity index (χ1v) is 13.5. The van der Waals surface area contributed by atoms with E-state index in [0.717, 1.165) is 55.4 Å². The summed E-state index contributed by atoms with van der Waals surface area (Å²) < 4.78 is 32.8. The number of esters is 1. The molecule has 0 bridgehead atoms. The summed E-state index contributed by atoms with van der Waals surface area (Å²) in [6, 6.07) is 14.8. The zero-order chi connectivity index (χ0) is 29.6. The van der Waals surface area contributed by atoms with Gasteiger partial charge in [-0.2, -0.15) is 5.26 Å². The van der Waals surface area contributed by atoms with E-state index in [1.165, 1.54) is 13.0 Å². The Hall–Kier alpha value is -4.30. The molecule has 1 aliphatic carbocycles. The number of anilines is 1. The predicted octanol–water partition coefficient (Wildman–Crippen LogP) is 4.16. The number of hydrogen-bond acceptors (Lipinski definition) is 6. The highest BCUT2D eigenvalue weighted by atomic mass is 19.2. The second kappa shape index (κ2) is 12.9. The van der Waals surface area contributed by atoms with Gasteiger partial charge in [-0.3, -0.25) is 9.69 Å². The number of hydrogen-bond donors (Lipinski definition) is 3. The SMILES string of the molecule is COC(=O)C1=C(C)NC(=O)NC1N(C(=O)CCCNC1CCC(C#N)(c2ccccc2)CC1)c1ccc(F)c(F)c1. The molecule has 2 aliphatic rings. The van der Waals surface area contributed by atoms with Crippen molar-refractivity contribution >= 4 is 23.6 Å². The lowest BCUT2D eigenvalue weighted by Crippen LogP contribution is -2.59. The van der Waals surface area contributed by atoms with Gasteiger partial charge in [0.05, 0.1) is 24.2 Å². The highest BCUT2D eigenvalue weighted by molar-refractivity contribution is 6.01. The maximum Gasteiger partial charge on any atom is 0.339 e. The van der Waals surface area contributed by atoms with Crippen LogP contribution >= 0.6 is 0 Å². The van der Waals surface area contributed by atoms with Gasteiger partial charge >= 0.3 is 12.0 Å². The number of nitrogens with one attached hydrogen (secondary N) is 3. The van der Waals surface area contributed by atoms with Crippen molar-refractivity contribution in [3.8, 4) is 6.07 Å². The van der Waals surface area contributed by atoms with Crippen molar-refractivity contribution in [1.82, 2.24) is 16.0 Å². The summed E-state index contributed by atoms with van der Waals surface area (Å²) in [5.74, 6) is -3.57. The Morgan fingerprint density at radius 2 is 1.85 bits per heavy atom. The number of nitriles is 1. The molecule has 216 valence electrons. The Morgan fingerprint density at radius 1 is 1.15 bits per heavy atom. The third kappa shape index (κ3) is 6.55. The summed E-state index contributed by atoms with van der Waals surface area (Å²) in [4.78, 5) is 39.5. The number of carbonyl (C=O) groups excluding carboxylic acids is 3. The first-order valence-electron chi connectivity index (χ1n) is 13.5. The molecule has 1 heterocycles. The lowest BCUT2D eigenvalue weighted by molar-refractivity contribution is -0.136. The van der Waals surface area contributed by atoms with E-state index in [1.807, 2.05) is 30.3 Å². The molecule has 3 amide bonds. The van der Waals surface area contributed by atoms with Crippen LogP contribution in [0.5, 0.6) is 0 Å². The van der Waals surface area contributed by atoms with Crippen LogP contribution in [0.4, 0.5) is 19.3 Å². The molecule has 0 saturated heterocycles. The maximum atomic E-state index is 14.2. The third-order valence-corrected chi connectivity index (χ3v) is 7.74. The summed E-state index contributed by atoms with van der Waals surface area (Å²) in [5.41, 5.74) is 0.649. The number of carbonyl (C=O) groups is 3. The topological polar surface area (TPSA) is 124 Å². The molecular weight excluding hydrogens is 532 g/mol. The van der Waals surface area contributed by atoms with Crippen LogP contribution in [0.25, 0.3) is 0 Å². The van der Waals surface area contributed by atoms with E-state index < -0.39 is 41.1 Å². The van der Waals surface area contributed by atoms with Crippen LogP contribution < -0.4 is 20.9 Å². The van der Waals surface area contributed by atoms with Gasteiger partial charge in [-0.1, -0.05) is 30.3 Å². The van der Waals surface area contributed by atoms with E-state index in [-0.39, 0.29) is 29.4 Å². The molecule has 0 aromatic heterocycles. The minimum Gasteiger partial charge on any atom is -0.465 e. The summed E-state index contributed by atoms with van der Waals surface area (Å²) in [5, 5.41) is 18.4. The average Bonchev–Trinajstić information content (AvgIpc) is 2.97. The highest BCUT2D eigenvalue weighted by Gasteiger charge is 2.39. The molecule has 0 radical (unpaired) electrons. The van der Waals surface area contributed by atoms with Crippen molar-refractivity contribution in [3.63, 3.8) is 0 Å². The summed E-state index contributed by atoms with van der Waals surface area (Å²) in [7, 11) is 1.16. The molecule has 4 rings (SSSR count). The minimum absolute atomic E-state index is 0.00182. The number of benzene rings is 2. The molecular formula is C30H33F2N5O4. The lowest BCUT2D eigenvalue weighted by Gasteiger charge is -2.37. The number of urea groups is 1. The van der Waals surface area contributed by atoms with E-state index in [4.69, 9.17) is 4.74 Å². The second-order valence-corrected chi connectivity index (χ2v) is 10.3. The standard InChI is InChI=1S/C30H33F2N5O4/c1-19-26(28(39)41-2)27(36-29(40)35-19)37(22-10-11-23(31)24(32)17-22)25(38)9-6-16-34-21-12-14-30(18-33,15-13-21)20-7-4-3-5-8-20/h3-5,7-8,10-11,17,21,27,34H,6,9,12-16H2,1-2H3,(H2,35,36,40). The van der Waals surface area contributed by atoms with Gasteiger partial charge in [0, 0.05) is 29.9 Å². The molecule has 0 spiro atoms. The normalized spacial score (nSPS) is 22.3. The number of ether oxygens (including phenoxy) is 1. The Kier molecular flexibility index (Phi) is 9.35. The van der Waals surface area contributed by atoms with E-state index in [2.05, 4.69) is 22.0 Å². The number of methoxy groups -OCH3 is 1. The van der Waals surface area contributed by atoms with Crippen molar-refractivity contribution in [2.45, 2.75) is 63.1 Å². The summed E-state index contributed by atoms with van der Waals surface area (Å²) in [6.07, 6.45) is 2.19. The second-order valence-electron chi connectivity index (χ2n) is 10.3. The fourth-order valence-corrected chi connectivity index (χ4v) is 5.52. The number of rotatable bonds is 9. The summed E-state index contributed by atoms with van der Waals surface area (Å²) >= 11 is 0. The molecule has 9 nitrogen and oxygen atoms in total. The lowest BCUT2D eigenvalue weighted by atomic mass is 9.69. The van der Waals surface area contributed by atoms with Crippen molar-refractivity contribution in [3.05, 3.63) is 77.0 Å². The molecule has 3 N–H and O–H groups in total. The number of allylic oxidation sites excluding steroid dienone is 1. The zero-order valence-electron chi connectivity index (χ0n) is 23.0. The van der Waals surface area contributed by atoms with Gasteiger partial charge in [-0.05, 0) is 63.3 Å². The molecule has 1 atom stereocenters. The van der Waals surface area contributed by atoms with Gasteiger partial charge in [-0.25, -0.2) is 18.4 Å². The van der Waals surface area contributed by atoms with Crippen molar-refractivity contribution in [2.75, 3.05) is 18.6 Å². The van der Waals surface area contributed by atoms with Gasteiger partial charge in [-0.15, -0.1) is 0 Å². The molecule has 41 heavy (non-hydrogen) atoms. The quantitative estimate of drug-likeness (QED) is 0.310. The van der Waals surface area contributed by atoms with Gasteiger partial charge in [0.15, 0.2) is 11.6 Å². The van der Waals surface area contributed by atoms with Gasteiger partial charge in [0.1, 0.15) is 6.17 Å². The Balaban J connectivity index is 1.43. The molecule has 1 saturated carbocycles. The van der Waals surface area contributed by atoms with Gasteiger partial charge in [0.2, 0.25) is 5.91 Å². The Labute approximate surface area is 237 Å². The Morgan fingerprint density at radius 3 is 2.49 bits per heavy atom. The molecule has 1 fully saturated rings. The van der Waals surface area contributed by atoms with E-state index in [9.17, 15) is 28.4 Å². The first kappa shape index (κ1) is 29.7. The monoisotopic (exact) mass is 565 g/mol. The number of halogens is 2. The van der Waals surface area contributed by atoms with Crippen molar-refractivity contribution < 1.29 is 27.9 Å². The minimum atomic E-state index is -1.29. The van der Waals surface area contributed by atoms with Crippen LogP contribution in [-0.2, 0) is 19.7 Å². The molecule has 11 heteroatoms. The van der Waals surface area contributed by atoms with Gasteiger partial charge < -0.3 is 20.7 Å². The van der Waals surface area contributed by atoms with Crippen molar-refractivity contribution in [1.29, 1.82) is 5.26 Å². The van der Waals surface area contributed by atoms with E-state index in [1.54, 1.807) is 0 Å². The van der Waals surface area contributed by atoms with E-state index in [0.29, 0.717) is 13.0 Å². The van der Waals surface area contributed by atoms with Gasteiger partial charge in [0.25, 0.3) is 0 Å². The predicted molar refractivity (Wildman–Crippen MR) is 147 cm³/mol. The fourth-order valence-electron chi connectivity index (χ4n) is 5.52. The molecule has 2 aromatic carbocycles. The first-order chi connectivity index (χ1) is 19.7. The molecule has 2 aromatic rings. The van der Waals surface area contributed by atoms with E-state index >= 15 is 0 Å². The number of amides is 3. The van der Waals surface area contributed by atoms with Crippen LogP contribution in [0.2, 0.25) is 0 Å².